The Balaban J connectivity index is 1.93. The Morgan fingerprint density at radius 3 is 2.82 bits per heavy atom. The van der Waals surface area contributed by atoms with E-state index >= 15 is 0 Å². The lowest BCUT2D eigenvalue weighted by Crippen LogP contribution is -2.44. The molecular formula is C16H21FN2O3. The van der Waals surface area contributed by atoms with Gasteiger partial charge in [-0.25, -0.2) is 4.39 Å². The lowest BCUT2D eigenvalue weighted by Gasteiger charge is -2.24. The summed E-state index contributed by atoms with van der Waals surface area (Å²) in [6.07, 6.45) is 1.63. The molecule has 1 aromatic rings. The van der Waals surface area contributed by atoms with Crippen LogP contribution in [0.2, 0.25) is 0 Å². The van der Waals surface area contributed by atoms with Crippen LogP contribution in [0.5, 0.6) is 0 Å². The molecule has 120 valence electrons. The van der Waals surface area contributed by atoms with Crippen LogP contribution >= 0.6 is 0 Å². The van der Waals surface area contributed by atoms with Crippen LogP contribution in [-0.2, 0) is 20.9 Å². The highest BCUT2D eigenvalue weighted by atomic mass is 19.1. The molecule has 1 N–H and O–H groups in total. The lowest BCUT2D eigenvalue weighted by atomic mass is 10.1. The summed E-state index contributed by atoms with van der Waals surface area (Å²) in [5, 5.41) is 2.83. The van der Waals surface area contributed by atoms with E-state index in [0.29, 0.717) is 32.5 Å². The summed E-state index contributed by atoms with van der Waals surface area (Å²) in [5.41, 5.74) is 0.814. The Bertz CT molecular complexity index is 519. The minimum atomic E-state index is -0.444. The molecule has 0 radical (unpaired) electrons. The molecule has 0 spiro atoms. The van der Waals surface area contributed by atoms with Crippen molar-refractivity contribution >= 4 is 11.8 Å². The summed E-state index contributed by atoms with van der Waals surface area (Å²) in [5.74, 6) is -0.491. The summed E-state index contributed by atoms with van der Waals surface area (Å²) < 4.78 is 17.9. The summed E-state index contributed by atoms with van der Waals surface area (Å²) in [4.78, 5) is 25.8. The molecule has 1 aliphatic heterocycles. The van der Waals surface area contributed by atoms with Gasteiger partial charge in [0.15, 0.2) is 0 Å². The number of hydrogen-bond donors (Lipinski definition) is 1. The van der Waals surface area contributed by atoms with E-state index in [-0.39, 0.29) is 17.6 Å². The molecule has 0 aromatic heterocycles. The third-order valence-corrected chi connectivity index (χ3v) is 3.72. The van der Waals surface area contributed by atoms with Gasteiger partial charge >= 0.3 is 0 Å². The van der Waals surface area contributed by atoms with E-state index in [9.17, 15) is 14.0 Å². The number of nitrogens with one attached hydrogen (secondary N) is 1. The van der Waals surface area contributed by atoms with Crippen LogP contribution in [0, 0.1) is 5.82 Å². The van der Waals surface area contributed by atoms with Gasteiger partial charge in [-0.3, -0.25) is 9.59 Å². The largest absolute Gasteiger partial charge is 0.385 e. The van der Waals surface area contributed by atoms with Crippen molar-refractivity contribution in [2.24, 2.45) is 0 Å². The SMILES string of the molecule is COCCCNC(=O)[C@H]1CCC(=O)N1Cc1ccc(F)cc1. The fourth-order valence-corrected chi connectivity index (χ4v) is 2.54. The van der Waals surface area contributed by atoms with Gasteiger partial charge in [0.1, 0.15) is 11.9 Å². The number of carbonyl (C=O) groups is 2. The molecule has 0 unspecified atom stereocenters. The Hall–Kier alpha value is -1.95. The molecule has 1 aromatic carbocycles. The minimum Gasteiger partial charge on any atom is -0.385 e. The fourth-order valence-electron chi connectivity index (χ4n) is 2.54. The number of halogens is 1. The molecule has 6 heteroatoms. The molecule has 1 heterocycles. The van der Waals surface area contributed by atoms with Gasteiger partial charge in [0.05, 0.1) is 0 Å². The van der Waals surface area contributed by atoms with E-state index in [4.69, 9.17) is 4.74 Å². The smallest absolute Gasteiger partial charge is 0.242 e. The van der Waals surface area contributed by atoms with Crippen molar-refractivity contribution in [1.82, 2.24) is 10.2 Å². The zero-order valence-corrected chi connectivity index (χ0v) is 12.7. The minimum absolute atomic E-state index is 0.0404. The van der Waals surface area contributed by atoms with E-state index in [2.05, 4.69) is 5.32 Å². The highest BCUT2D eigenvalue weighted by molar-refractivity contribution is 5.90. The summed E-state index contributed by atoms with van der Waals surface area (Å²) >= 11 is 0. The van der Waals surface area contributed by atoms with Crippen molar-refractivity contribution in [3.63, 3.8) is 0 Å². The number of carbonyl (C=O) groups excluding carboxylic acids is 2. The van der Waals surface area contributed by atoms with Crippen molar-refractivity contribution in [2.45, 2.75) is 31.8 Å². The Morgan fingerprint density at radius 2 is 2.14 bits per heavy atom. The molecule has 1 fully saturated rings. The molecular weight excluding hydrogens is 287 g/mol. The highest BCUT2D eigenvalue weighted by Crippen LogP contribution is 2.21. The van der Waals surface area contributed by atoms with Gasteiger partial charge in [-0.05, 0) is 30.5 Å². The van der Waals surface area contributed by atoms with Crippen molar-refractivity contribution in [3.8, 4) is 0 Å². The normalized spacial score (nSPS) is 17.8. The maximum absolute atomic E-state index is 12.9. The summed E-state index contributed by atoms with van der Waals surface area (Å²) in [6, 6.07) is 5.54. The first-order valence-electron chi connectivity index (χ1n) is 7.42. The lowest BCUT2D eigenvalue weighted by molar-refractivity contribution is -0.135. The molecule has 1 atom stereocenters. The van der Waals surface area contributed by atoms with Gasteiger partial charge in [-0.1, -0.05) is 12.1 Å². The maximum atomic E-state index is 12.9. The predicted molar refractivity (Wildman–Crippen MR) is 79.5 cm³/mol. The predicted octanol–water partition coefficient (Wildman–Crippen LogP) is 1.47. The number of amides is 2. The highest BCUT2D eigenvalue weighted by Gasteiger charge is 2.35. The number of likely N-dealkylation sites (tertiary alicyclic amines) is 1. The van der Waals surface area contributed by atoms with Gasteiger partial charge in [-0.2, -0.15) is 0 Å². The zero-order chi connectivity index (χ0) is 15.9. The number of benzene rings is 1. The quantitative estimate of drug-likeness (QED) is 0.776. The molecule has 22 heavy (non-hydrogen) atoms. The second-order valence-corrected chi connectivity index (χ2v) is 5.34. The second-order valence-electron chi connectivity index (χ2n) is 5.34. The van der Waals surface area contributed by atoms with Gasteiger partial charge in [0.25, 0.3) is 0 Å². The van der Waals surface area contributed by atoms with Crippen molar-refractivity contribution in [3.05, 3.63) is 35.6 Å². The topological polar surface area (TPSA) is 58.6 Å². The van der Waals surface area contributed by atoms with Crippen LogP contribution in [0.3, 0.4) is 0 Å². The number of methoxy groups -OCH3 is 1. The van der Waals surface area contributed by atoms with Crippen LogP contribution in [0.25, 0.3) is 0 Å². The number of hydrogen-bond acceptors (Lipinski definition) is 3. The van der Waals surface area contributed by atoms with E-state index < -0.39 is 6.04 Å². The number of ether oxygens (including phenoxy) is 1. The molecule has 1 saturated heterocycles. The molecule has 5 nitrogen and oxygen atoms in total. The average molecular weight is 308 g/mol. The van der Waals surface area contributed by atoms with Crippen molar-refractivity contribution < 1.29 is 18.7 Å². The molecule has 0 saturated carbocycles. The molecule has 2 rings (SSSR count). The Morgan fingerprint density at radius 1 is 1.41 bits per heavy atom. The van der Waals surface area contributed by atoms with Crippen LogP contribution in [0.4, 0.5) is 4.39 Å². The summed E-state index contributed by atoms with van der Waals surface area (Å²) in [6.45, 7) is 1.44. The molecule has 1 aliphatic rings. The van der Waals surface area contributed by atoms with E-state index in [1.165, 1.54) is 12.1 Å². The number of rotatable bonds is 7. The third kappa shape index (κ3) is 4.27. The third-order valence-electron chi connectivity index (χ3n) is 3.72. The van der Waals surface area contributed by atoms with Gasteiger partial charge in [-0.15, -0.1) is 0 Å². The fraction of sp³-hybridized carbons (Fsp3) is 0.500. The Labute approximate surface area is 129 Å². The first kappa shape index (κ1) is 16.4. The first-order chi connectivity index (χ1) is 10.6. The van der Waals surface area contributed by atoms with E-state index in [0.717, 1.165) is 12.0 Å². The number of nitrogens with zero attached hydrogens (tertiary/aromatic N) is 1. The van der Waals surface area contributed by atoms with Crippen molar-refractivity contribution in [1.29, 1.82) is 0 Å². The Kier molecular flexibility index (Phi) is 5.89. The van der Waals surface area contributed by atoms with Crippen LogP contribution < -0.4 is 5.32 Å². The van der Waals surface area contributed by atoms with E-state index in [1.54, 1.807) is 24.1 Å². The molecule has 0 aliphatic carbocycles. The van der Waals surface area contributed by atoms with Gasteiger partial charge in [0, 0.05) is 33.2 Å². The first-order valence-corrected chi connectivity index (χ1v) is 7.42. The van der Waals surface area contributed by atoms with Gasteiger partial charge < -0.3 is 15.0 Å². The standard InChI is InChI=1S/C16H21FN2O3/c1-22-10-2-9-18-16(21)14-7-8-15(20)19(14)11-12-3-5-13(17)6-4-12/h3-6,14H,2,7-11H2,1H3,(H,18,21)/t14-/m1/s1. The average Bonchev–Trinajstić information content (AvgIpc) is 2.87. The maximum Gasteiger partial charge on any atom is 0.242 e. The van der Waals surface area contributed by atoms with Crippen LogP contribution in [0.1, 0.15) is 24.8 Å². The monoisotopic (exact) mass is 308 g/mol. The summed E-state index contributed by atoms with van der Waals surface area (Å²) in [7, 11) is 1.61. The van der Waals surface area contributed by atoms with Gasteiger partial charge in [0.2, 0.25) is 11.8 Å². The van der Waals surface area contributed by atoms with Crippen LogP contribution in [-0.4, -0.2) is 43.0 Å². The molecule has 2 amide bonds. The second kappa shape index (κ2) is 7.89. The molecule has 0 bridgehead atoms. The van der Waals surface area contributed by atoms with Crippen LogP contribution in [0.15, 0.2) is 24.3 Å². The van der Waals surface area contributed by atoms with Crippen molar-refractivity contribution in [2.75, 3.05) is 20.3 Å². The zero-order valence-electron chi connectivity index (χ0n) is 12.7. The van der Waals surface area contributed by atoms with E-state index in [1.807, 2.05) is 0 Å².